The first-order valence-corrected chi connectivity index (χ1v) is 3.95. The van der Waals surface area contributed by atoms with Gasteiger partial charge in [-0.3, -0.25) is 0 Å². The summed E-state index contributed by atoms with van der Waals surface area (Å²) < 4.78 is 2.20. The van der Waals surface area contributed by atoms with Gasteiger partial charge in [0.15, 0.2) is 0 Å². The van der Waals surface area contributed by atoms with Crippen LogP contribution in [0.5, 0.6) is 0 Å². The Hall–Kier alpha value is 0.0383. The van der Waals surface area contributed by atoms with Crippen molar-refractivity contribution >= 4 is 4.40 Å². The van der Waals surface area contributed by atoms with Gasteiger partial charge < -0.3 is 0 Å². The topological polar surface area (TPSA) is 0 Å². The Balaban J connectivity index is 2.69. The zero-order valence-corrected chi connectivity index (χ0v) is 6.86. The molecule has 0 atom stereocenters. The van der Waals surface area contributed by atoms with Gasteiger partial charge in [-0.1, -0.05) is 0 Å². The molecule has 36 valence electrons. The molecule has 0 amide bonds. The fourth-order valence-electron chi connectivity index (χ4n) is 0.564. The van der Waals surface area contributed by atoms with E-state index in [2.05, 4.69) is 22.6 Å². The maximum atomic E-state index is 2.23. The van der Waals surface area contributed by atoms with Gasteiger partial charge in [0.25, 0.3) is 0 Å². The minimum atomic E-state index is 1.14. The summed E-state index contributed by atoms with van der Waals surface area (Å²) in [6.07, 6.45) is 7.70. The first kappa shape index (κ1) is 5.18. The number of hydrogen-bond acceptors (Lipinski definition) is 0. The van der Waals surface area contributed by atoms with Crippen LogP contribution in [0.2, 0.25) is 0 Å². The SMILES string of the molecule is [W]=[CH]C1=CCC=C1. The average molecular weight is 262 g/mol. The molecule has 0 nitrogen and oxygen atoms in total. The summed E-state index contributed by atoms with van der Waals surface area (Å²) in [5, 5.41) is 0. The van der Waals surface area contributed by atoms with Gasteiger partial charge in [-0.25, -0.2) is 0 Å². The van der Waals surface area contributed by atoms with Gasteiger partial charge in [-0.2, -0.15) is 0 Å². The summed E-state index contributed by atoms with van der Waals surface area (Å²) >= 11 is 1.53. The third kappa shape index (κ3) is 1.21. The Morgan fingerprint density at radius 3 is 2.86 bits per heavy atom. The van der Waals surface area contributed by atoms with Crippen LogP contribution in [0.25, 0.3) is 0 Å². The first-order valence-electron chi connectivity index (χ1n) is 2.25. The zero-order valence-electron chi connectivity index (χ0n) is 3.92. The molecular formula is C6H6W. The van der Waals surface area contributed by atoms with Crippen molar-refractivity contribution in [1.29, 1.82) is 0 Å². The number of rotatable bonds is 1. The van der Waals surface area contributed by atoms with Crippen LogP contribution in [0.15, 0.2) is 23.8 Å². The van der Waals surface area contributed by atoms with E-state index < -0.39 is 0 Å². The second-order valence-corrected chi connectivity index (χ2v) is 2.31. The van der Waals surface area contributed by atoms with Gasteiger partial charge in [-0.15, -0.1) is 0 Å². The number of allylic oxidation sites excluding steroid dienone is 4. The monoisotopic (exact) mass is 262 g/mol. The fraction of sp³-hybridized carbons (Fsp3) is 0.167. The van der Waals surface area contributed by atoms with Crippen LogP contribution >= 0.6 is 0 Å². The van der Waals surface area contributed by atoms with Crippen LogP contribution in [0.1, 0.15) is 6.42 Å². The molecule has 0 aliphatic heterocycles. The maximum absolute atomic E-state index is 2.23. The van der Waals surface area contributed by atoms with E-state index in [1.54, 1.807) is 0 Å². The Morgan fingerprint density at radius 2 is 2.57 bits per heavy atom. The van der Waals surface area contributed by atoms with Crippen LogP contribution in [0.3, 0.4) is 0 Å². The van der Waals surface area contributed by atoms with Crippen LogP contribution in [0, 0.1) is 0 Å². The quantitative estimate of drug-likeness (QED) is 0.666. The van der Waals surface area contributed by atoms with E-state index in [4.69, 9.17) is 0 Å². The van der Waals surface area contributed by atoms with Gasteiger partial charge in [0.1, 0.15) is 0 Å². The van der Waals surface area contributed by atoms with E-state index >= 15 is 0 Å². The van der Waals surface area contributed by atoms with E-state index in [0.29, 0.717) is 0 Å². The summed E-state index contributed by atoms with van der Waals surface area (Å²) in [6, 6.07) is 0. The summed E-state index contributed by atoms with van der Waals surface area (Å²) in [7, 11) is 0. The minimum absolute atomic E-state index is 1.14. The number of hydrogen-bond donors (Lipinski definition) is 0. The Bertz CT molecular complexity index is 131. The molecule has 0 saturated carbocycles. The molecule has 0 radical (unpaired) electrons. The van der Waals surface area contributed by atoms with Crippen molar-refractivity contribution in [3.8, 4) is 0 Å². The van der Waals surface area contributed by atoms with Crippen molar-refractivity contribution in [2.75, 3.05) is 0 Å². The Labute approximate surface area is 54.3 Å². The summed E-state index contributed by atoms with van der Waals surface area (Å²) in [5.41, 5.74) is 1.40. The molecule has 1 rings (SSSR count). The van der Waals surface area contributed by atoms with Gasteiger partial charge >= 0.3 is 54.0 Å². The third-order valence-electron chi connectivity index (χ3n) is 0.936. The third-order valence-corrected chi connectivity index (χ3v) is 1.91. The molecule has 0 heterocycles. The normalized spacial score (nSPS) is 16.9. The van der Waals surface area contributed by atoms with Crippen molar-refractivity contribution < 1.29 is 19.4 Å². The molecule has 0 N–H and O–H groups in total. The van der Waals surface area contributed by atoms with E-state index in [1.807, 2.05) is 0 Å². The van der Waals surface area contributed by atoms with Gasteiger partial charge in [0.2, 0.25) is 0 Å². The van der Waals surface area contributed by atoms with E-state index in [0.717, 1.165) is 6.42 Å². The van der Waals surface area contributed by atoms with Crippen molar-refractivity contribution in [3.05, 3.63) is 23.8 Å². The Morgan fingerprint density at radius 1 is 1.71 bits per heavy atom. The second kappa shape index (κ2) is 2.37. The average Bonchev–Trinajstić information content (AvgIpc) is 2.14. The fourth-order valence-corrected chi connectivity index (χ4v) is 1.19. The molecule has 1 heteroatoms. The van der Waals surface area contributed by atoms with Crippen molar-refractivity contribution in [2.45, 2.75) is 6.42 Å². The standard InChI is InChI=1S/C6H6.W/c1-6-4-2-3-5-6;/h1-2,4-5H,3H2;. The summed E-state index contributed by atoms with van der Waals surface area (Å²) in [6.45, 7) is 0. The van der Waals surface area contributed by atoms with Crippen molar-refractivity contribution in [3.63, 3.8) is 0 Å². The van der Waals surface area contributed by atoms with Gasteiger partial charge in [0.05, 0.1) is 0 Å². The molecule has 0 spiro atoms. The Kier molecular flexibility index (Phi) is 1.76. The van der Waals surface area contributed by atoms with Gasteiger partial charge in [0, 0.05) is 0 Å². The van der Waals surface area contributed by atoms with Gasteiger partial charge in [-0.05, 0) is 0 Å². The predicted octanol–water partition coefficient (Wildman–Crippen LogP) is 1.22. The molecule has 0 aromatic carbocycles. The van der Waals surface area contributed by atoms with Crippen molar-refractivity contribution in [2.24, 2.45) is 0 Å². The molecule has 0 bridgehead atoms. The summed E-state index contributed by atoms with van der Waals surface area (Å²) in [5.74, 6) is 0. The molecule has 1 aliphatic carbocycles. The molecule has 0 aromatic rings. The van der Waals surface area contributed by atoms with Crippen molar-refractivity contribution in [1.82, 2.24) is 0 Å². The predicted molar refractivity (Wildman–Crippen MR) is 27.9 cm³/mol. The van der Waals surface area contributed by atoms with Crippen LogP contribution in [0.4, 0.5) is 0 Å². The zero-order chi connectivity index (χ0) is 5.11. The first-order chi connectivity index (χ1) is 3.43. The molecule has 0 saturated heterocycles. The summed E-state index contributed by atoms with van der Waals surface area (Å²) in [4.78, 5) is 0. The van der Waals surface area contributed by atoms with E-state index in [9.17, 15) is 0 Å². The molecule has 7 heavy (non-hydrogen) atoms. The molecule has 0 fully saturated rings. The molecular weight excluding hydrogens is 256 g/mol. The van der Waals surface area contributed by atoms with E-state index in [-0.39, 0.29) is 0 Å². The van der Waals surface area contributed by atoms with Crippen LogP contribution < -0.4 is 0 Å². The second-order valence-electron chi connectivity index (χ2n) is 1.46. The molecule has 0 aromatic heterocycles. The molecule has 1 aliphatic rings. The van der Waals surface area contributed by atoms with E-state index in [1.165, 1.54) is 24.9 Å². The van der Waals surface area contributed by atoms with Crippen LogP contribution in [-0.2, 0) is 19.4 Å². The van der Waals surface area contributed by atoms with Crippen LogP contribution in [-0.4, -0.2) is 4.40 Å². The molecule has 0 unspecified atom stereocenters.